The Morgan fingerprint density at radius 3 is 2.86 bits per heavy atom. The molecule has 0 aliphatic heterocycles. The minimum atomic E-state index is -0.175. The van der Waals surface area contributed by atoms with Gasteiger partial charge < -0.3 is 10.3 Å². The SMILES string of the molecule is O=CNc1c[nH]c2ccccc2c1=O. The molecule has 0 saturated carbocycles. The number of hydrogen-bond donors (Lipinski definition) is 2. The number of fused-ring (bicyclic) bond motifs is 1. The summed E-state index contributed by atoms with van der Waals surface area (Å²) >= 11 is 0. The third-order valence-electron chi connectivity index (χ3n) is 2.00. The van der Waals surface area contributed by atoms with Crippen LogP contribution in [0, 0.1) is 0 Å². The van der Waals surface area contributed by atoms with Gasteiger partial charge in [0, 0.05) is 17.1 Å². The summed E-state index contributed by atoms with van der Waals surface area (Å²) in [6.07, 6.45) is 1.97. The van der Waals surface area contributed by atoms with E-state index in [2.05, 4.69) is 10.3 Å². The van der Waals surface area contributed by atoms with Gasteiger partial charge in [-0.2, -0.15) is 0 Å². The minimum absolute atomic E-state index is 0.175. The van der Waals surface area contributed by atoms with Crippen molar-refractivity contribution in [3.8, 4) is 0 Å². The Bertz CT molecular complexity index is 531. The van der Waals surface area contributed by atoms with Gasteiger partial charge in [-0.1, -0.05) is 12.1 Å². The molecule has 0 saturated heterocycles. The fourth-order valence-electron chi connectivity index (χ4n) is 1.34. The number of nitrogens with one attached hydrogen (secondary N) is 2. The van der Waals surface area contributed by atoms with E-state index in [1.54, 1.807) is 18.2 Å². The second-order valence-corrected chi connectivity index (χ2v) is 2.84. The van der Waals surface area contributed by atoms with Gasteiger partial charge in [-0.25, -0.2) is 0 Å². The molecular formula is C10H8N2O2. The summed E-state index contributed by atoms with van der Waals surface area (Å²) in [4.78, 5) is 24.8. The Balaban J connectivity index is 2.75. The van der Waals surface area contributed by atoms with E-state index in [0.717, 1.165) is 5.52 Å². The molecule has 2 rings (SSSR count). The smallest absolute Gasteiger partial charge is 0.212 e. The second-order valence-electron chi connectivity index (χ2n) is 2.84. The number of aromatic nitrogens is 1. The molecule has 0 aliphatic rings. The zero-order chi connectivity index (χ0) is 9.97. The molecule has 0 fully saturated rings. The molecule has 0 spiro atoms. The van der Waals surface area contributed by atoms with Gasteiger partial charge in [0.15, 0.2) is 0 Å². The Morgan fingerprint density at radius 1 is 1.29 bits per heavy atom. The van der Waals surface area contributed by atoms with E-state index in [4.69, 9.17) is 0 Å². The monoisotopic (exact) mass is 188 g/mol. The van der Waals surface area contributed by atoms with Crippen molar-refractivity contribution in [1.82, 2.24) is 4.98 Å². The van der Waals surface area contributed by atoms with Gasteiger partial charge in [-0.05, 0) is 12.1 Å². The molecule has 4 heteroatoms. The first-order valence-corrected chi connectivity index (χ1v) is 4.13. The lowest BCUT2D eigenvalue weighted by Gasteiger charge is -2.00. The second kappa shape index (κ2) is 3.33. The average Bonchev–Trinajstić information content (AvgIpc) is 2.23. The van der Waals surface area contributed by atoms with Crippen molar-refractivity contribution in [2.45, 2.75) is 0 Å². The van der Waals surface area contributed by atoms with E-state index >= 15 is 0 Å². The summed E-state index contributed by atoms with van der Waals surface area (Å²) in [7, 11) is 0. The van der Waals surface area contributed by atoms with Gasteiger partial charge in [0.05, 0.1) is 0 Å². The number of hydrogen-bond acceptors (Lipinski definition) is 2. The lowest BCUT2D eigenvalue weighted by atomic mass is 10.2. The molecule has 1 aromatic carbocycles. The maximum absolute atomic E-state index is 11.7. The molecule has 2 aromatic rings. The van der Waals surface area contributed by atoms with Crippen LogP contribution in [0.25, 0.3) is 10.9 Å². The lowest BCUT2D eigenvalue weighted by Crippen LogP contribution is -2.10. The van der Waals surface area contributed by atoms with Gasteiger partial charge >= 0.3 is 0 Å². The van der Waals surface area contributed by atoms with Crippen LogP contribution in [0.2, 0.25) is 0 Å². The van der Waals surface area contributed by atoms with Crippen LogP contribution in [-0.2, 0) is 4.79 Å². The molecule has 0 unspecified atom stereocenters. The van der Waals surface area contributed by atoms with Crippen molar-refractivity contribution in [2.75, 3.05) is 5.32 Å². The van der Waals surface area contributed by atoms with Crippen LogP contribution in [0.15, 0.2) is 35.3 Å². The van der Waals surface area contributed by atoms with Gasteiger partial charge in [-0.15, -0.1) is 0 Å². The molecule has 4 nitrogen and oxygen atoms in total. The highest BCUT2D eigenvalue weighted by Crippen LogP contribution is 2.08. The maximum atomic E-state index is 11.7. The van der Waals surface area contributed by atoms with Crippen molar-refractivity contribution in [3.05, 3.63) is 40.7 Å². The predicted octanol–water partition coefficient (Wildman–Crippen LogP) is 1.10. The largest absolute Gasteiger partial charge is 0.359 e. The van der Waals surface area contributed by atoms with Gasteiger partial charge in [0.2, 0.25) is 11.8 Å². The highest BCUT2D eigenvalue weighted by Gasteiger charge is 2.02. The molecule has 0 bridgehead atoms. The van der Waals surface area contributed by atoms with Crippen molar-refractivity contribution in [3.63, 3.8) is 0 Å². The number of benzene rings is 1. The third-order valence-corrected chi connectivity index (χ3v) is 2.00. The highest BCUT2D eigenvalue weighted by atomic mass is 16.1. The molecule has 0 aliphatic carbocycles. The van der Waals surface area contributed by atoms with Crippen LogP contribution in [0.4, 0.5) is 5.69 Å². The zero-order valence-electron chi connectivity index (χ0n) is 7.28. The topological polar surface area (TPSA) is 62.0 Å². The number of amides is 1. The molecule has 0 radical (unpaired) electrons. The first-order valence-electron chi connectivity index (χ1n) is 4.13. The summed E-state index contributed by atoms with van der Waals surface area (Å²) in [5, 5.41) is 2.91. The fraction of sp³-hybridized carbons (Fsp3) is 0. The van der Waals surface area contributed by atoms with Crippen LogP contribution >= 0.6 is 0 Å². The molecule has 70 valence electrons. The number of carbonyl (C=O) groups excluding carboxylic acids is 1. The lowest BCUT2D eigenvalue weighted by molar-refractivity contribution is -0.105. The molecule has 14 heavy (non-hydrogen) atoms. The molecule has 1 amide bonds. The fourth-order valence-corrected chi connectivity index (χ4v) is 1.34. The van der Waals surface area contributed by atoms with Crippen molar-refractivity contribution in [1.29, 1.82) is 0 Å². The van der Waals surface area contributed by atoms with E-state index in [0.29, 0.717) is 11.8 Å². The molecular weight excluding hydrogens is 180 g/mol. The predicted molar refractivity (Wildman–Crippen MR) is 54.3 cm³/mol. The first-order chi connectivity index (χ1) is 6.83. The third kappa shape index (κ3) is 1.26. The van der Waals surface area contributed by atoms with Crippen molar-refractivity contribution < 1.29 is 4.79 Å². The number of aromatic amines is 1. The van der Waals surface area contributed by atoms with Crippen molar-refractivity contribution >= 4 is 23.0 Å². The van der Waals surface area contributed by atoms with Gasteiger partial charge in [0.25, 0.3) is 0 Å². The summed E-state index contributed by atoms with van der Waals surface area (Å²) < 4.78 is 0. The molecule has 2 N–H and O–H groups in total. The number of rotatable bonds is 2. The van der Waals surface area contributed by atoms with E-state index in [1.807, 2.05) is 6.07 Å². The Labute approximate surface area is 79.6 Å². The number of H-pyrrole nitrogens is 1. The van der Waals surface area contributed by atoms with Gasteiger partial charge in [0.1, 0.15) is 5.69 Å². The molecule has 1 aromatic heterocycles. The van der Waals surface area contributed by atoms with Crippen LogP contribution in [0.1, 0.15) is 0 Å². The normalized spacial score (nSPS) is 10.0. The summed E-state index contributed by atoms with van der Waals surface area (Å²) in [5.74, 6) is 0. The highest BCUT2D eigenvalue weighted by molar-refractivity contribution is 5.83. The number of carbonyl (C=O) groups is 1. The summed E-state index contributed by atoms with van der Waals surface area (Å²) in [6.45, 7) is 0. The maximum Gasteiger partial charge on any atom is 0.212 e. The number of pyridine rings is 1. The van der Waals surface area contributed by atoms with Crippen LogP contribution in [0.5, 0.6) is 0 Å². The minimum Gasteiger partial charge on any atom is -0.359 e. The number of para-hydroxylation sites is 1. The summed E-state index contributed by atoms with van der Waals surface area (Å²) in [5.41, 5.74) is 0.846. The quantitative estimate of drug-likeness (QED) is 0.693. The van der Waals surface area contributed by atoms with E-state index in [9.17, 15) is 9.59 Å². The molecule has 0 atom stereocenters. The molecule has 1 heterocycles. The Hall–Kier alpha value is -2.10. The Morgan fingerprint density at radius 2 is 2.07 bits per heavy atom. The number of anilines is 1. The van der Waals surface area contributed by atoms with Gasteiger partial charge in [-0.3, -0.25) is 9.59 Å². The Kier molecular flexibility index (Phi) is 2.02. The standard InChI is InChI=1S/C10H8N2O2/c13-6-12-9-5-11-8-4-2-1-3-7(8)10(9)14/h1-6H,(H,11,14)(H,12,13). The van der Waals surface area contributed by atoms with E-state index in [-0.39, 0.29) is 11.1 Å². The average molecular weight is 188 g/mol. The summed E-state index contributed by atoms with van der Waals surface area (Å²) in [6, 6.07) is 7.14. The van der Waals surface area contributed by atoms with Crippen LogP contribution < -0.4 is 10.7 Å². The first kappa shape index (κ1) is 8.50. The van der Waals surface area contributed by atoms with E-state index in [1.165, 1.54) is 6.20 Å². The van der Waals surface area contributed by atoms with Crippen LogP contribution in [-0.4, -0.2) is 11.4 Å². The van der Waals surface area contributed by atoms with Crippen LogP contribution in [0.3, 0.4) is 0 Å². The van der Waals surface area contributed by atoms with E-state index < -0.39 is 0 Å². The zero-order valence-corrected chi connectivity index (χ0v) is 7.28. The van der Waals surface area contributed by atoms with Crippen molar-refractivity contribution in [2.24, 2.45) is 0 Å².